The first-order valence-electron chi connectivity index (χ1n) is 8.34. The van der Waals surface area contributed by atoms with Gasteiger partial charge in [0.15, 0.2) is 15.8 Å². The summed E-state index contributed by atoms with van der Waals surface area (Å²) < 4.78 is 25.6. The molecule has 0 aromatic heterocycles. The Labute approximate surface area is 164 Å². The van der Waals surface area contributed by atoms with Gasteiger partial charge in [0.25, 0.3) is 0 Å². The molecule has 0 aliphatic heterocycles. The van der Waals surface area contributed by atoms with Crippen LogP contribution in [0.15, 0.2) is 62.9 Å². The van der Waals surface area contributed by atoms with E-state index in [4.69, 9.17) is 0 Å². The van der Waals surface area contributed by atoms with Crippen molar-refractivity contribution < 1.29 is 8.42 Å². The summed E-state index contributed by atoms with van der Waals surface area (Å²) >= 11 is 3.31. The van der Waals surface area contributed by atoms with E-state index in [1.807, 2.05) is 19.1 Å². The Bertz CT molecular complexity index is 865. The molecule has 140 valence electrons. The van der Waals surface area contributed by atoms with Crippen molar-refractivity contribution in [2.45, 2.75) is 24.8 Å². The molecule has 0 spiro atoms. The number of aliphatic imine (C=N–C) groups is 1. The van der Waals surface area contributed by atoms with Crippen molar-refractivity contribution in [2.75, 3.05) is 19.3 Å². The van der Waals surface area contributed by atoms with Gasteiger partial charge in [-0.25, -0.2) is 8.42 Å². The van der Waals surface area contributed by atoms with E-state index in [9.17, 15) is 8.42 Å². The Kier molecular flexibility index (Phi) is 7.23. The number of hydrogen-bond acceptors (Lipinski definition) is 3. The normalized spacial score (nSPS) is 13.3. The van der Waals surface area contributed by atoms with Gasteiger partial charge < -0.3 is 10.6 Å². The second kappa shape index (κ2) is 9.19. The highest BCUT2D eigenvalue weighted by Crippen LogP contribution is 2.17. The zero-order valence-corrected chi connectivity index (χ0v) is 17.6. The molecule has 0 amide bonds. The molecule has 5 nitrogen and oxygen atoms in total. The average Bonchev–Trinajstić information content (AvgIpc) is 2.61. The Hall–Kier alpha value is -1.86. The van der Waals surface area contributed by atoms with E-state index in [-0.39, 0.29) is 18.3 Å². The Balaban J connectivity index is 1.93. The summed E-state index contributed by atoms with van der Waals surface area (Å²) in [6.45, 7) is 4.39. The molecular formula is C19H24BrN3O2S. The van der Waals surface area contributed by atoms with Gasteiger partial charge in [0.2, 0.25) is 0 Å². The summed E-state index contributed by atoms with van der Waals surface area (Å²) in [5.74, 6) is 0.570. The Morgan fingerprint density at radius 2 is 1.81 bits per heavy atom. The molecular weight excluding hydrogens is 414 g/mol. The number of halogens is 1. The van der Waals surface area contributed by atoms with Crippen molar-refractivity contribution in [2.24, 2.45) is 4.99 Å². The molecule has 0 heterocycles. The van der Waals surface area contributed by atoms with E-state index in [0.29, 0.717) is 10.9 Å². The van der Waals surface area contributed by atoms with E-state index in [2.05, 4.69) is 50.6 Å². The fourth-order valence-electron chi connectivity index (χ4n) is 2.61. The zero-order valence-electron chi connectivity index (χ0n) is 15.2. The molecule has 2 N–H and O–H groups in total. The molecule has 0 aliphatic rings. The lowest BCUT2D eigenvalue weighted by molar-refractivity contribution is 0.594. The van der Waals surface area contributed by atoms with E-state index in [1.165, 1.54) is 11.1 Å². The fourth-order valence-corrected chi connectivity index (χ4v) is 4.04. The van der Waals surface area contributed by atoms with Crippen LogP contribution in [0.25, 0.3) is 0 Å². The lowest BCUT2D eigenvalue weighted by Gasteiger charge is -2.19. The third kappa shape index (κ3) is 5.57. The maximum Gasteiger partial charge on any atom is 0.191 e. The zero-order chi connectivity index (χ0) is 19.2. The number of nitrogens with one attached hydrogen (secondary N) is 2. The summed E-state index contributed by atoms with van der Waals surface area (Å²) in [7, 11) is -1.66. The molecule has 7 heteroatoms. The van der Waals surface area contributed by atoms with Crippen LogP contribution in [-0.4, -0.2) is 33.7 Å². The molecule has 1 atom stereocenters. The van der Waals surface area contributed by atoms with Crippen molar-refractivity contribution >= 4 is 31.7 Å². The second-order valence-electron chi connectivity index (χ2n) is 5.99. The smallest absolute Gasteiger partial charge is 0.191 e. The SMILES string of the molecule is CN=C(NCCS(=O)(=O)c1ccc(Br)cc1)NC(C)c1ccccc1C. The van der Waals surface area contributed by atoms with Crippen LogP contribution in [0.5, 0.6) is 0 Å². The summed E-state index contributed by atoms with van der Waals surface area (Å²) in [6.07, 6.45) is 0. The van der Waals surface area contributed by atoms with E-state index in [0.717, 1.165) is 4.47 Å². The van der Waals surface area contributed by atoms with Gasteiger partial charge in [0, 0.05) is 18.1 Å². The third-order valence-electron chi connectivity index (χ3n) is 4.07. The van der Waals surface area contributed by atoms with Gasteiger partial charge in [0.1, 0.15) is 0 Å². The average molecular weight is 438 g/mol. The quantitative estimate of drug-likeness (QED) is 0.536. The van der Waals surface area contributed by atoms with Gasteiger partial charge in [-0.1, -0.05) is 40.2 Å². The van der Waals surface area contributed by atoms with Crippen molar-refractivity contribution in [3.05, 3.63) is 64.1 Å². The van der Waals surface area contributed by atoms with Crippen molar-refractivity contribution in [1.29, 1.82) is 0 Å². The second-order valence-corrected chi connectivity index (χ2v) is 9.02. The van der Waals surface area contributed by atoms with Gasteiger partial charge >= 0.3 is 0 Å². The number of hydrogen-bond donors (Lipinski definition) is 2. The number of aryl methyl sites for hydroxylation is 1. The lowest BCUT2D eigenvalue weighted by atomic mass is 10.0. The summed E-state index contributed by atoms with van der Waals surface area (Å²) in [5.41, 5.74) is 2.37. The van der Waals surface area contributed by atoms with Crippen LogP contribution in [0.2, 0.25) is 0 Å². The maximum absolute atomic E-state index is 12.4. The lowest BCUT2D eigenvalue weighted by Crippen LogP contribution is -2.40. The highest BCUT2D eigenvalue weighted by atomic mass is 79.9. The van der Waals surface area contributed by atoms with Crippen LogP contribution in [0.3, 0.4) is 0 Å². The molecule has 0 bridgehead atoms. The van der Waals surface area contributed by atoms with Crippen molar-refractivity contribution in [3.8, 4) is 0 Å². The Morgan fingerprint density at radius 3 is 2.42 bits per heavy atom. The predicted octanol–water partition coefficient (Wildman–Crippen LogP) is 3.46. The number of rotatable bonds is 6. The Morgan fingerprint density at radius 1 is 1.15 bits per heavy atom. The third-order valence-corrected chi connectivity index (χ3v) is 6.33. The van der Waals surface area contributed by atoms with Gasteiger partial charge in [0.05, 0.1) is 16.7 Å². The van der Waals surface area contributed by atoms with Crippen LogP contribution in [0, 0.1) is 6.92 Å². The monoisotopic (exact) mass is 437 g/mol. The van der Waals surface area contributed by atoms with E-state index < -0.39 is 9.84 Å². The number of nitrogens with zero attached hydrogens (tertiary/aromatic N) is 1. The minimum atomic E-state index is -3.33. The minimum absolute atomic E-state index is 0.00587. The van der Waals surface area contributed by atoms with E-state index in [1.54, 1.807) is 31.3 Å². The summed E-state index contributed by atoms with van der Waals surface area (Å²) in [4.78, 5) is 4.50. The van der Waals surface area contributed by atoms with Crippen LogP contribution >= 0.6 is 15.9 Å². The molecule has 0 radical (unpaired) electrons. The van der Waals surface area contributed by atoms with Gasteiger partial charge in [-0.15, -0.1) is 0 Å². The highest BCUT2D eigenvalue weighted by molar-refractivity contribution is 9.10. The predicted molar refractivity (Wildman–Crippen MR) is 110 cm³/mol. The first-order chi connectivity index (χ1) is 12.3. The molecule has 1 unspecified atom stereocenters. The first kappa shape index (κ1) is 20.5. The van der Waals surface area contributed by atoms with Crippen molar-refractivity contribution in [3.63, 3.8) is 0 Å². The summed E-state index contributed by atoms with van der Waals surface area (Å²) in [5, 5.41) is 6.37. The maximum atomic E-state index is 12.4. The summed E-state index contributed by atoms with van der Waals surface area (Å²) in [6, 6.07) is 14.9. The standard InChI is InChI=1S/C19H24BrN3O2S/c1-14-6-4-5-7-18(14)15(2)23-19(21-3)22-12-13-26(24,25)17-10-8-16(20)9-11-17/h4-11,15H,12-13H2,1-3H3,(H2,21,22,23). The minimum Gasteiger partial charge on any atom is -0.355 e. The van der Waals surface area contributed by atoms with Crippen LogP contribution < -0.4 is 10.6 Å². The van der Waals surface area contributed by atoms with Crippen LogP contribution in [0.4, 0.5) is 0 Å². The number of sulfone groups is 1. The molecule has 2 aromatic rings. The molecule has 0 saturated heterocycles. The molecule has 0 aliphatic carbocycles. The molecule has 0 fully saturated rings. The first-order valence-corrected chi connectivity index (χ1v) is 10.8. The van der Waals surface area contributed by atoms with Crippen LogP contribution in [-0.2, 0) is 9.84 Å². The molecule has 2 aromatic carbocycles. The molecule has 26 heavy (non-hydrogen) atoms. The van der Waals surface area contributed by atoms with Crippen molar-refractivity contribution in [1.82, 2.24) is 10.6 Å². The van der Waals surface area contributed by atoms with E-state index >= 15 is 0 Å². The highest BCUT2D eigenvalue weighted by Gasteiger charge is 2.15. The molecule has 0 saturated carbocycles. The van der Waals surface area contributed by atoms with Gasteiger partial charge in [-0.2, -0.15) is 0 Å². The fraction of sp³-hybridized carbons (Fsp3) is 0.316. The number of guanidine groups is 1. The van der Waals surface area contributed by atoms with Gasteiger partial charge in [-0.3, -0.25) is 4.99 Å². The number of benzene rings is 2. The largest absolute Gasteiger partial charge is 0.355 e. The van der Waals surface area contributed by atoms with Gasteiger partial charge in [-0.05, 0) is 49.2 Å². The molecule has 2 rings (SSSR count). The topological polar surface area (TPSA) is 70.6 Å². The van der Waals surface area contributed by atoms with Crippen LogP contribution in [0.1, 0.15) is 24.1 Å².